The van der Waals surface area contributed by atoms with E-state index >= 15 is 0 Å². The molecule has 3 aromatic rings. The summed E-state index contributed by atoms with van der Waals surface area (Å²) in [5.41, 5.74) is 3.50. The second-order valence-electron chi connectivity index (χ2n) is 6.61. The largest absolute Gasteiger partial charge is 0.386 e. The van der Waals surface area contributed by atoms with Gasteiger partial charge in [0.25, 0.3) is 0 Å². The van der Waals surface area contributed by atoms with Crippen LogP contribution in [0.5, 0.6) is 0 Å². The second-order valence-corrected chi connectivity index (χ2v) is 6.61. The molecule has 5 heteroatoms. The van der Waals surface area contributed by atoms with Gasteiger partial charge in [-0.2, -0.15) is 0 Å². The van der Waals surface area contributed by atoms with Gasteiger partial charge >= 0.3 is 0 Å². The molecule has 1 fully saturated rings. The van der Waals surface area contributed by atoms with Crippen molar-refractivity contribution in [3.63, 3.8) is 0 Å². The lowest BCUT2D eigenvalue weighted by Gasteiger charge is -2.45. The highest BCUT2D eigenvalue weighted by atomic mass is 16.3. The normalized spacial score (nSPS) is 16.0. The number of pyridine rings is 2. The number of aliphatic hydroxyl groups is 1. The minimum Gasteiger partial charge on any atom is -0.386 e. The van der Waals surface area contributed by atoms with Gasteiger partial charge < -0.3 is 15.3 Å². The van der Waals surface area contributed by atoms with E-state index in [0.717, 1.165) is 33.7 Å². The van der Waals surface area contributed by atoms with Gasteiger partial charge in [0.1, 0.15) is 5.82 Å². The SMILES string of the molecule is CNc1cc(-c2ccc3cc(N4CC(C)(O)C4)ccc3n2)ccn1. The van der Waals surface area contributed by atoms with Gasteiger partial charge in [0, 0.05) is 43.0 Å². The Morgan fingerprint density at radius 2 is 1.96 bits per heavy atom. The monoisotopic (exact) mass is 320 g/mol. The lowest BCUT2D eigenvalue weighted by molar-refractivity contribution is 0.0310. The van der Waals surface area contributed by atoms with Gasteiger partial charge in [0.05, 0.1) is 16.8 Å². The Bertz CT molecular complexity index is 899. The number of benzene rings is 1. The lowest BCUT2D eigenvalue weighted by atomic mass is 9.96. The number of β-amino-alcohol motifs (C(OH)–C–C–N with tert-alkyl or cyclic N) is 1. The summed E-state index contributed by atoms with van der Waals surface area (Å²) in [6.45, 7) is 3.22. The summed E-state index contributed by atoms with van der Waals surface area (Å²) in [6, 6.07) is 14.3. The quantitative estimate of drug-likeness (QED) is 0.777. The zero-order valence-electron chi connectivity index (χ0n) is 13.8. The standard InChI is InChI=1S/C19H20N4O/c1-19(24)11-23(12-19)15-4-6-17-13(9-15)3-5-16(22-17)14-7-8-21-18(10-14)20-2/h3-10,24H,11-12H2,1-2H3,(H,20,21). The van der Waals surface area contributed by atoms with Gasteiger partial charge in [-0.15, -0.1) is 0 Å². The zero-order valence-corrected chi connectivity index (χ0v) is 13.8. The first kappa shape index (κ1) is 14.9. The Morgan fingerprint density at radius 3 is 2.71 bits per heavy atom. The van der Waals surface area contributed by atoms with Crippen molar-refractivity contribution in [2.45, 2.75) is 12.5 Å². The van der Waals surface area contributed by atoms with E-state index in [1.165, 1.54) is 0 Å². The fraction of sp³-hybridized carbons (Fsp3) is 0.263. The number of nitrogens with one attached hydrogen (secondary N) is 1. The molecule has 1 aromatic carbocycles. The molecule has 0 radical (unpaired) electrons. The third-order valence-corrected chi connectivity index (χ3v) is 4.41. The average Bonchev–Trinajstić information content (AvgIpc) is 2.58. The Labute approximate surface area is 141 Å². The molecule has 0 saturated carbocycles. The highest BCUT2D eigenvalue weighted by molar-refractivity contribution is 5.85. The van der Waals surface area contributed by atoms with Crippen LogP contribution in [-0.2, 0) is 0 Å². The Morgan fingerprint density at radius 1 is 1.12 bits per heavy atom. The van der Waals surface area contributed by atoms with Crippen LogP contribution in [0.1, 0.15) is 6.92 Å². The van der Waals surface area contributed by atoms with E-state index in [0.29, 0.717) is 13.1 Å². The van der Waals surface area contributed by atoms with Crippen LogP contribution < -0.4 is 10.2 Å². The van der Waals surface area contributed by atoms with Crippen molar-refractivity contribution in [3.05, 3.63) is 48.7 Å². The van der Waals surface area contributed by atoms with E-state index in [4.69, 9.17) is 4.98 Å². The Hall–Kier alpha value is -2.66. The third kappa shape index (κ3) is 2.67. The molecule has 0 atom stereocenters. The van der Waals surface area contributed by atoms with Crippen molar-refractivity contribution in [2.24, 2.45) is 0 Å². The van der Waals surface area contributed by atoms with Crippen LogP contribution in [0.2, 0.25) is 0 Å². The fourth-order valence-corrected chi connectivity index (χ4v) is 3.16. The molecular formula is C19H20N4O. The van der Waals surface area contributed by atoms with Crippen molar-refractivity contribution >= 4 is 22.4 Å². The number of hydrogen-bond acceptors (Lipinski definition) is 5. The van der Waals surface area contributed by atoms with Gasteiger partial charge in [-0.25, -0.2) is 9.97 Å². The van der Waals surface area contributed by atoms with Crippen molar-refractivity contribution < 1.29 is 5.11 Å². The summed E-state index contributed by atoms with van der Waals surface area (Å²) in [4.78, 5) is 11.2. The van der Waals surface area contributed by atoms with Gasteiger partial charge in [-0.3, -0.25) is 0 Å². The number of fused-ring (bicyclic) bond motifs is 1. The molecular weight excluding hydrogens is 300 g/mol. The maximum atomic E-state index is 9.90. The molecule has 2 N–H and O–H groups in total. The predicted octanol–water partition coefficient (Wildman–Crippen LogP) is 2.91. The minimum absolute atomic E-state index is 0.566. The number of nitrogens with zero attached hydrogens (tertiary/aromatic N) is 3. The molecule has 4 rings (SSSR count). The molecule has 2 aromatic heterocycles. The molecule has 5 nitrogen and oxygen atoms in total. The molecule has 1 aliphatic rings. The van der Waals surface area contributed by atoms with Gasteiger partial charge in [-0.1, -0.05) is 6.07 Å². The van der Waals surface area contributed by atoms with E-state index in [9.17, 15) is 5.11 Å². The summed E-state index contributed by atoms with van der Waals surface area (Å²) >= 11 is 0. The Kier molecular flexibility index (Phi) is 3.39. The first-order chi connectivity index (χ1) is 11.5. The summed E-state index contributed by atoms with van der Waals surface area (Å²) in [6.07, 6.45) is 1.78. The first-order valence-corrected chi connectivity index (χ1v) is 8.06. The molecule has 0 spiro atoms. The number of hydrogen-bond donors (Lipinski definition) is 2. The van der Waals surface area contributed by atoms with Crippen LogP contribution in [0.3, 0.4) is 0 Å². The maximum absolute atomic E-state index is 9.90. The summed E-state index contributed by atoms with van der Waals surface area (Å²) in [5, 5.41) is 14.1. The second kappa shape index (κ2) is 5.46. The smallest absolute Gasteiger partial charge is 0.126 e. The lowest BCUT2D eigenvalue weighted by Crippen LogP contribution is -2.60. The highest BCUT2D eigenvalue weighted by Crippen LogP contribution is 2.30. The van der Waals surface area contributed by atoms with Gasteiger partial charge in [-0.05, 0) is 43.3 Å². The highest BCUT2D eigenvalue weighted by Gasteiger charge is 2.36. The fourth-order valence-electron chi connectivity index (χ4n) is 3.16. The summed E-state index contributed by atoms with van der Waals surface area (Å²) < 4.78 is 0. The molecule has 0 unspecified atom stereocenters. The van der Waals surface area contributed by atoms with E-state index < -0.39 is 5.60 Å². The third-order valence-electron chi connectivity index (χ3n) is 4.41. The minimum atomic E-state index is -0.566. The molecule has 0 amide bonds. The maximum Gasteiger partial charge on any atom is 0.126 e. The van der Waals surface area contributed by atoms with Crippen molar-refractivity contribution in [2.75, 3.05) is 30.4 Å². The van der Waals surface area contributed by atoms with Crippen LogP contribution >= 0.6 is 0 Å². The Balaban J connectivity index is 1.66. The molecule has 24 heavy (non-hydrogen) atoms. The van der Waals surface area contributed by atoms with Crippen LogP contribution in [0, 0.1) is 0 Å². The van der Waals surface area contributed by atoms with E-state index in [-0.39, 0.29) is 0 Å². The number of aromatic nitrogens is 2. The molecule has 0 bridgehead atoms. The number of anilines is 2. The number of rotatable bonds is 3. The van der Waals surface area contributed by atoms with Crippen molar-refractivity contribution in [1.29, 1.82) is 0 Å². The topological polar surface area (TPSA) is 61.3 Å². The zero-order chi connectivity index (χ0) is 16.7. The van der Waals surface area contributed by atoms with E-state index in [1.54, 1.807) is 6.20 Å². The molecule has 122 valence electrons. The van der Waals surface area contributed by atoms with E-state index in [2.05, 4.69) is 33.4 Å². The molecule has 3 heterocycles. The average molecular weight is 320 g/mol. The predicted molar refractivity (Wildman–Crippen MR) is 97.4 cm³/mol. The van der Waals surface area contributed by atoms with Crippen molar-refractivity contribution in [3.8, 4) is 11.3 Å². The molecule has 1 aliphatic heterocycles. The molecule has 1 saturated heterocycles. The summed E-state index contributed by atoms with van der Waals surface area (Å²) in [7, 11) is 1.86. The van der Waals surface area contributed by atoms with Crippen LogP contribution in [0.4, 0.5) is 11.5 Å². The first-order valence-electron chi connectivity index (χ1n) is 8.06. The molecule has 0 aliphatic carbocycles. The van der Waals surface area contributed by atoms with Crippen molar-refractivity contribution in [1.82, 2.24) is 9.97 Å². The van der Waals surface area contributed by atoms with Gasteiger partial charge in [0.2, 0.25) is 0 Å². The van der Waals surface area contributed by atoms with Gasteiger partial charge in [0.15, 0.2) is 0 Å². The van der Waals surface area contributed by atoms with Crippen LogP contribution in [0.15, 0.2) is 48.7 Å². The van der Waals surface area contributed by atoms with Crippen LogP contribution in [-0.4, -0.2) is 40.8 Å². The van der Waals surface area contributed by atoms with Crippen LogP contribution in [0.25, 0.3) is 22.2 Å². The summed E-state index contributed by atoms with van der Waals surface area (Å²) in [5.74, 6) is 0.828. The van der Waals surface area contributed by atoms with E-state index in [1.807, 2.05) is 38.2 Å².